The first-order chi connectivity index (χ1) is 11.1. The number of ketones is 1. The van der Waals surface area contributed by atoms with Gasteiger partial charge >= 0.3 is 5.97 Å². The van der Waals surface area contributed by atoms with Gasteiger partial charge < -0.3 is 10.5 Å². The van der Waals surface area contributed by atoms with Crippen LogP contribution in [0.25, 0.3) is 0 Å². The van der Waals surface area contributed by atoms with Gasteiger partial charge in [-0.2, -0.15) is 0 Å². The monoisotopic (exact) mass is 323 g/mol. The van der Waals surface area contributed by atoms with Crippen LogP contribution in [0.1, 0.15) is 84.5 Å². The normalized spacial score (nSPS) is 18.2. The molecular formula is C19H33NO3. The molecule has 1 atom stereocenters. The van der Waals surface area contributed by atoms with Crippen LogP contribution in [-0.4, -0.2) is 24.4 Å². The number of ether oxygens (including phenoxy) is 1. The third kappa shape index (κ3) is 7.78. The van der Waals surface area contributed by atoms with Crippen molar-refractivity contribution in [1.82, 2.24) is 0 Å². The highest BCUT2D eigenvalue weighted by Gasteiger charge is 2.28. The molecule has 0 saturated carbocycles. The van der Waals surface area contributed by atoms with Gasteiger partial charge in [0, 0.05) is 12.8 Å². The highest BCUT2D eigenvalue weighted by molar-refractivity contribution is 6.18. The maximum absolute atomic E-state index is 12.2. The summed E-state index contributed by atoms with van der Waals surface area (Å²) in [5.74, 6) is -0.468. The first-order valence-corrected chi connectivity index (χ1v) is 9.20. The second-order valence-corrected chi connectivity index (χ2v) is 6.72. The van der Waals surface area contributed by atoms with Gasteiger partial charge in [-0.05, 0) is 33.2 Å². The molecule has 1 aliphatic rings. The third-order valence-electron chi connectivity index (χ3n) is 4.42. The largest absolute Gasteiger partial charge is 0.459 e. The molecule has 0 aromatic rings. The molecule has 0 radical (unpaired) electrons. The lowest BCUT2D eigenvalue weighted by molar-refractivity contribution is -0.146. The molecule has 0 spiro atoms. The number of hydrogen-bond donors (Lipinski definition) is 1. The second-order valence-electron chi connectivity index (χ2n) is 6.72. The van der Waals surface area contributed by atoms with E-state index in [9.17, 15) is 9.59 Å². The van der Waals surface area contributed by atoms with E-state index in [1.165, 1.54) is 38.5 Å². The van der Waals surface area contributed by atoms with Crippen LogP contribution < -0.4 is 5.73 Å². The van der Waals surface area contributed by atoms with E-state index in [1.807, 2.05) is 13.8 Å². The van der Waals surface area contributed by atoms with Crippen molar-refractivity contribution in [3.63, 3.8) is 0 Å². The predicted molar refractivity (Wildman–Crippen MR) is 93.1 cm³/mol. The summed E-state index contributed by atoms with van der Waals surface area (Å²) in [4.78, 5) is 24.0. The van der Waals surface area contributed by atoms with Crippen LogP contribution in [-0.2, 0) is 14.3 Å². The van der Waals surface area contributed by atoms with E-state index in [2.05, 4.69) is 0 Å². The molecule has 23 heavy (non-hydrogen) atoms. The summed E-state index contributed by atoms with van der Waals surface area (Å²) >= 11 is 0. The number of carbonyl (C=O) groups excluding carboxylic acids is 2. The van der Waals surface area contributed by atoms with E-state index in [0.29, 0.717) is 18.4 Å². The summed E-state index contributed by atoms with van der Waals surface area (Å²) in [7, 11) is 0. The molecule has 0 aromatic heterocycles. The molecule has 1 rings (SSSR count). The number of unbranched alkanes of at least 4 members (excludes halogenated alkanes) is 8. The number of carbonyl (C=O) groups is 2. The number of hydrogen-bond acceptors (Lipinski definition) is 4. The Morgan fingerprint density at radius 3 is 2.09 bits per heavy atom. The first-order valence-electron chi connectivity index (χ1n) is 9.20. The minimum atomic E-state index is -0.427. The average Bonchev–Trinajstić information content (AvgIpc) is 2.48. The molecule has 1 aliphatic heterocycles. The molecule has 0 saturated heterocycles. The topological polar surface area (TPSA) is 69.4 Å². The van der Waals surface area contributed by atoms with Crippen molar-refractivity contribution >= 4 is 11.8 Å². The summed E-state index contributed by atoms with van der Waals surface area (Å²) in [5, 5.41) is 0. The summed E-state index contributed by atoms with van der Waals surface area (Å²) in [6, 6.07) is 0. The predicted octanol–water partition coefficient (Wildman–Crippen LogP) is 4.07. The van der Waals surface area contributed by atoms with Crippen LogP contribution in [0.15, 0.2) is 11.1 Å². The van der Waals surface area contributed by atoms with Gasteiger partial charge in [0.15, 0.2) is 5.78 Å². The molecule has 4 nitrogen and oxygen atoms in total. The molecule has 0 aliphatic carbocycles. The van der Waals surface area contributed by atoms with Crippen molar-refractivity contribution in [2.75, 3.05) is 6.54 Å². The highest BCUT2D eigenvalue weighted by atomic mass is 16.5. The Labute approximate surface area is 140 Å². The van der Waals surface area contributed by atoms with Crippen LogP contribution >= 0.6 is 0 Å². The summed E-state index contributed by atoms with van der Waals surface area (Å²) in [5.41, 5.74) is 6.66. The minimum Gasteiger partial charge on any atom is -0.459 e. The second kappa shape index (κ2) is 11.4. The number of esters is 1. The Balaban J connectivity index is 2.10. The van der Waals surface area contributed by atoms with Gasteiger partial charge in [0.05, 0.1) is 0 Å². The molecular weight excluding hydrogens is 290 g/mol. The van der Waals surface area contributed by atoms with Gasteiger partial charge in [-0.3, -0.25) is 4.79 Å². The Morgan fingerprint density at radius 2 is 1.57 bits per heavy atom. The molecule has 4 heteroatoms. The zero-order chi connectivity index (χ0) is 17.1. The average molecular weight is 323 g/mol. The van der Waals surface area contributed by atoms with Crippen molar-refractivity contribution in [3.8, 4) is 0 Å². The van der Waals surface area contributed by atoms with Crippen LogP contribution in [0.3, 0.4) is 0 Å². The van der Waals surface area contributed by atoms with E-state index in [-0.39, 0.29) is 11.9 Å². The number of nitrogens with two attached hydrogens (primary N) is 1. The Bertz CT molecular complexity index is 415. The van der Waals surface area contributed by atoms with Gasteiger partial charge in [-0.1, -0.05) is 50.5 Å². The van der Waals surface area contributed by atoms with Crippen molar-refractivity contribution in [1.29, 1.82) is 0 Å². The Kier molecular flexibility index (Phi) is 9.85. The lowest BCUT2D eigenvalue weighted by Gasteiger charge is -2.22. The van der Waals surface area contributed by atoms with Crippen molar-refractivity contribution in [2.24, 2.45) is 5.73 Å². The van der Waals surface area contributed by atoms with Gasteiger partial charge in [-0.15, -0.1) is 0 Å². The molecule has 0 aromatic carbocycles. The van der Waals surface area contributed by atoms with Crippen LogP contribution in [0.2, 0.25) is 0 Å². The fraction of sp³-hybridized carbons (Fsp3) is 0.789. The zero-order valence-electron chi connectivity index (χ0n) is 14.9. The van der Waals surface area contributed by atoms with Crippen LogP contribution in [0.5, 0.6) is 0 Å². The van der Waals surface area contributed by atoms with E-state index in [1.54, 1.807) is 0 Å². The lowest BCUT2D eigenvalue weighted by Crippen LogP contribution is -2.27. The van der Waals surface area contributed by atoms with E-state index >= 15 is 0 Å². The third-order valence-corrected chi connectivity index (χ3v) is 4.42. The molecule has 1 heterocycles. The van der Waals surface area contributed by atoms with Crippen molar-refractivity contribution in [2.45, 2.75) is 90.6 Å². The summed E-state index contributed by atoms with van der Waals surface area (Å²) in [6.45, 7) is 4.53. The molecule has 0 fully saturated rings. The van der Waals surface area contributed by atoms with Gasteiger partial charge in [0.1, 0.15) is 11.7 Å². The standard InChI is InChI=1S/C19H33NO3/c1-15-14-16(2)23-19(22)18(15)17(21)12-10-8-6-4-3-5-7-9-11-13-20/h16H,3-14,20H2,1-2H3/t16-/m0/s1. The smallest absolute Gasteiger partial charge is 0.341 e. The van der Waals surface area contributed by atoms with Crippen molar-refractivity contribution in [3.05, 3.63) is 11.1 Å². The summed E-state index contributed by atoms with van der Waals surface area (Å²) in [6.07, 6.45) is 11.6. The number of cyclic esters (lactones) is 1. The van der Waals surface area contributed by atoms with Gasteiger partial charge in [0.25, 0.3) is 0 Å². The number of rotatable bonds is 12. The molecule has 0 amide bonds. The van der Waals surface area contributed by atoms with Crippen LogP contribution in [0.4, 0.5) is 0 Å². The highest BCUT2D eigenvalue weighted by Crippen LogP contribution is 2.23. The SMILES string of the molecule is CC1=C(C(=O)CCCCCCCCCCCN)C(=O)O[C@@H](C)C1. The van der Waals surface area contributed by atoms with E-state index in [4.69, 9.17) is 10.5 Å². The Hall–Kier alpha value is -1.16. The lowest BCUT2D eigenvalue weighted by atomic mass is 9.95. The maximum atomic E-state index is 12.2. The molecule has 132 valence electrons. The molecule has 0 unspecified atom stereocenters. The maximum Gasteiger partial charge on any atom is 0.341 e. The first kappa shape index (κ1) is 19.9. The minimum absolute atomic E-state index is 0.0406. The van der Waals surface area contributed by atoms with Gasteiger partial charge in [0.2, 0.25) is 0 Å². The number of Topliss-reactive ketones (excluding diaryl/α,β-unsaturated/α-hetero) is 1. The van der Waals surface area contributed by atoms with E-state index < -0.39 is 5.97 Å². The summed E-state index contributed by atoms with van der Waals surface area (Å²) < 4.78 is 5.16. The van der Waals surface area contributed by atoms with E-state index in [0.717, 1.165) is 31.4 Å². The van der Waals surface area contributed by atoms with Crippen molar-refractivity contribution < 1.29 is 14.3 Å². The fourth-order valence-electron chi connectivity index (χ4n) is 3.13. The van der Waals surface area contributed by atoms with Gasteiger partial charge in [-0.25, -0.2) is 4.79 Å². The Morgan fingerprint density at radius 1 is 1.04 bits per heavy atom. The quantitative estimate of drug-likeness (QED) is 0.334. The molecule has 2 N–H and O–H groups in total. The zero-order valence-corrected chi connectivity index (χ0v) is 14.9. The fourth-order valence-corrected chi connectivity index (χ4v) is 3.13. The molecule has 0 bridgehead atoms. The van der Waals surface area contributed by atoms with Crippen LogP contribution in [0, 0.1) is 0 Å².